The predicted molar refractivity (Wildman–Crippen MR) is 75.3 cm³/mol. The predicted octanol–water partition coefficient (Wildman–Crippen LogP) is 0.986. The zero-order valence-electron chi connectivity index (χ0n) is 12.8. The van der Waals surface area contributed by atoms with Crippen molar-refractivity contribution in [1.29, 1.82) is 0 Å². The number of hydrogen-bond donors (Lipinski definition) is 1. The topological polar surface area (TPSA) is 76.1 Å². The lowest BCUT2D eigenvalue weighted by Gasteiger charge is -2.31. The second kappa shape index (κ2) is 6.15. The Bertz CT molecular complexity index is 473. The molecule has 0 aliphatic carbocycles. The van der Waals surface area contributed by atoms with Gasteiger partial charge in [-0.3, -0.25) is 9.69 Å². The molecule has 1 saturated heterocycles. The lowest BCUT2D eigenvalue weighted by atomic mass is 9.91. The van der Waals surface area contributed by atoms with Crippen molar-refractivity contribution in [2.75, 3.05) is 20.3 Å². The van der Waals surface area contributed by atoms with E-state index in [9.17, 15) is 9.59 Å². The quantitative estimate of drug-likeness (QED) is 0.740. The van der Waals surface area contributed by atoms with Gasteiger partial charge in [0.25, 0.3) is 5.91 Å². The second-order valence-electron chi connectivity index (χ2n) is 5.51. The fourth-order valence-electron chi connectivity index (χ4n) is 3.23. The molecule has 2 aliphatic rings. The van der Waals surface area contributed by atoms with E-state index in [2.05, 4.69) is 6.92 Å². The number of nitrogens with zero attached hydrogens (tertiary/aromatic N) is 1. The van der Waals surface area contributed by atoms with E-state index in [-0.39, 0.29) is 25.5 Å². The Morgan fingerprint density at radius 3 is 2.86 bits per heavy atom. The Morgan fingerprint density at radius 1 is 1.57 bits per heavy atom. The summed E-state index contributed by atoms with van der Waals surface area (Å²) in [5.41, 5.74) is 0.00877. The number of methoxy groups -OCH3 is 1. The van der Waals surface area contributed by atoms with Crippen LogP contribution in [-0.4, -0.2) is 54.0 Å². The van der Waals surface area contributed by atoms with Crippen LogP contribution in [-0.2, 0) is 19.1 Å². The third kappa shape index (κ3) is 2.26. The normalized spacial score (nSPS) is 28.3. The maximum absolute atomic E-state index is 12.7. The van der Waals surface area contributed by atoms with E-state index in [1.54, 1.807) is 6.92 Å². The first-order valence-electron chi connectivity index (χ1n) is 7.39. The van der Waals surface area contributed by atoms with Gasteiger partial charge in [-0.05, 0) is 25.3 Å². The highest BCUT2D eigenvalue weighted by molar-refractivity contribution is 6.06. The van der Waals surface area contributed by atoms with Crippen molar-refractivity contribution in [2.45, 2.75) is 51.3 Å². The highest BCUT2D eigenvalue weighted by Gasteiger charge is 2.62. The van der Waals surface area contributed by atoms with Crippen molar-refractivity contribution in [3.8, 4) is 0 Å². The van der Waals surface area contributed by atoms with E-state index in [4.69, 9.17) is 14.6 Å². The number of aliphatic hydroxyl groups is 1. The van der Waals surface area contributed by atoms with E-state index >= 15 is 0 Å². The summed E-state index contributed by atoms with van der Waals surface area (Å²) in [6, 6.07) is 0. The first-order chi connectivity index (χ1) is 10.0. The highest BCUT2D eigenvalue weighted by atomic mass is 16.5. The van der Waals surface area contributed by atoms with E-state index in [0.717, 1.165) is 12.8 Å². The largest absolute Gasteiger partial charge is 0.467 e. The molecule has 21 heavy (non-hydrogen) atoms. The first kappa shape index (κ1) is 16.0. The number of esters is 1. The molecule has 2 rings (SSSR count). The van der Waals surface area contributed by atoms with E-state index in [1.807, 2.05) is 0 Å². The summed E-state index contributed by atoms with van der Waals surface area (Å²) in [4.78, 5) is 26.5. The van der Waals surface area contributed by atoms with Crippen LogP contribution in [0.25, 0.3) is 0 Å². The molecular formula is C15H23NO5. The van der Waals surface area contributed by atoms with Crippen LogP contribution < -0.4 is 0 Å². The number of ether oxygens (including phenoxy) is 2. The molecule has 0 radical (unpaired) electrons. The second-order valence-corrected chi connectivity index (χ2v) is 5.51. The summed E-state index contributed by atoms with van der Waals surface area (Å²) in [5.74, 6) is -0.689. The van der Waals surface area contributed by atoms with Crippen LogP contribution in [0.15, 0.2) is 11.1 Å². The van der Waals surface area contributed by atoms with Gasteiger partial charge in [0.2, 0.25) is 0 Å². The number of carbonyl (C=O) groups is 2. The number of carbonyl (C=O) groups excluding carboxylic acids is 2. The highest BCUT2D eigenvalue weighted by Crippen LogP contribution is 2.44. The minimum atomic E-state index is -1.14. The standard InChI is InChI=1S/C15H23NO5/c1-4-5-6-12-16-13(18)11(7-8-17)10(2)15(16,9-21-12)14(19)20-3/h12,17H,4-9H2,1-3H3/t12-,15-/m1/s1. The van der Waals surface area contributed by atoms with Crippen molar-refractivity contribution in [2.24, 2.45) is 0 Å². The molecule has 0 unspecified atom stereocenters. The summed E-state index contributed by atoms with van der Waals surface area (Å²) < 4.78 is 10.7. The van der Waals surface area contributed by atoms with Crippen molar-refractivity contribution < 1.29 is 24.2 Å². The molecule has 1 N–H and O–H groups in total. The third-order valence-corrected chi connectivity index (χ3v) is 4.42. The molecule has 1 amide bonds. The van der Waals surface area contributed by atoms with E-state index < -0.39 is 17.7 Å². The molecule has 0 bridgehead atoms. The molecule has 6 heteroatoms. The fourth-order valence-corrected chi connectivity index (χ4v) is 3.23. The average Bonchev–Trinajstić information content (AvgIpc) is 2.96. The first-order valence-corrected chi connectivity index (χ1v) is 7.39. The van der Waals surface area contributed by atoms with Crippen LogP contribution >= 0.6 is 0 Å². The summed E-state index contributed by atoms with van der Waals surface area (Å²) in [7, 11) is 1.32. The number of unbranched alkanes of at least 4 members (excludes halogenated alkanes) is 1. The van der Waals surface area contributed by atoms with Crippen molar-refractivity contribution in [3.63, 3.8) is 0 Å². The smallest absolute Gasteiger partial charge is 0.338 e. The molecule has 0 aromatic rings. The van der Waals surface area contributed by atoms with E-state index in [1.165, 1.54) is 12.0 Å². The summed E-state index contributed by atoms with van der Waals surface area (Å²) >= 11 is 0. The Morgan fingerprint density at radius 2 is 2.29 bits per heavy atom. The molecule has 0 aromatic carbocycles. The molecule has 2 atom stereocenters. The fraction of sp³-hybridized carbons (Fsp3) is 0.733. The maximum Gasteiger partial charge on any atom is 0.338 e. The van der Waals surface area contributed by atoms with Crippen LogP contribution in [0.5, 0.6) is 0 Å². The van der Waals surface area contributed by atoms with Gasteiger partial charge in [-0.25, -0.2) is 4.79 Å². The number of hydrogen-bond acceptors (Lipinski definition) is 5. The zero-order chi connectivity index (χ0) is 15.6. The molecule has 0 saturated carbocycles. The van der Waals surface area contributed by atoms with Gasteiger partial charge in [-0.15, -0.1) is 0 Å². The lowest BCUT2D eigenvalue weighted by molar-refractivity contribution is -0.154. The third-order valence-electron chi connectivity index (χ3n) is 4.42. The Kier molecular flexibility index (Phi) is 4.68. The molecule has 0 aromatic heterocycles. The minimum Gasteiger partial charge on any atom is -0.467 e. The van der Waals surface area contributed by atoms with Crippen LogP contribution in [0.1, 0.15) is 39.5 Å². The van der Waals surface area contributed by atoms with Gasteiger partial charge in [0.1, 0.15) is 6.23 Å². The van der Waals surface area contributed by atoms with Crippen LogP contribution in [0.2, 0.25) is 0 Å². The Labute approximate surface area is 124 Å². The van der Waals surface area contributed by atoms with Crippen molar-refractivity contribution >= 4 is 11.9 Å². The van der Waals surface area contributed by atoms with Gasteiger partial charge < -0.3 is 14.6 Å². The van der Waals surface area contributed by atoms with Crippen molar-refractivity contribution in [1.82, 2.24) is 4.90 Å². The lowest BCUT2D eigenvalue weighted by Crippen LogP contribution is -2.54. The van der Waals surface area contributed by atoms with Gasteiger partial charge in [-0.2, -0.15) is 0 Å². The molecule has 1 fully saturated rings. The molecular weight excluding hydrogens is 274 g/mol. The molecule has 2 heterocycles. The summed E-state index contributed by atoms with van der Waals surface area (Å²) in [6.45, 7) is 3.82. The number of amides is 1. The van der Waals surface area contributed by atoms with Crippen molar-refractivity contribution in [3.05, 3.63) is 11.1 Å². The summed E-state index contributed by atoms with van der Waals surface area (Å²) in [6.07, 6.45) is 2.45. The minimum absolute atomic E-state index is 0.121. The molecule has 2 aliphatic heterocycles. The Hall–Kier alpha value is -1.40. The van der Waals surface area contributed by atoms with E-state index in [0.29, 0.717) is 17.6 Å². The number of aliphatic hydroxyl groups excluding tert-OH is 1. The SMILES string of the molecule is CCCC[C@H]1OC[C@]2(C(=O)OC)C(C)=C(CCO)C(=O)N12. The Balaban J connectivity index is 2.40. The number of fused-ring (bicyclic) bond motifs is 1. The zero-order valence-corrected chi connectivity index (χ0v) is 12.8. The average molecular weight is 297 g/mol. The van der Waals surface area contributed by atoms with Crippen LogP contribution in [0.4, 0.5) is 0 Å². The monoisotopic (exact) mass is 297 g/mol. The molecule has 118 valence electrons. The summed E-state index contributed by atoms with van der Waals surface area (Å²) in [5, 5.41) is 9.16. The van der Waals surface area contributed by atoms with Gasteiger partial charge >= 0.3 is 5.97 Å². The molecule has 6 nitrogen and oxygen atoms in total. The molecule has 0 spiro atoms. The van der Waals surface area contributed by atoms with Gasteiger partial charge in [0.15, 0.2) is 5.54 Å². The van der Waals surface area contributed by atoms with Crippen LogP contribution in [0, 0.1) is 0 Å². The maximum atomic E-state index is 12.7. The van der Waals surface area contributed by atoms with Gasteiger partial charge in [0.05, 0.1) is 13.7 Å². The van der Waals surface area contributed by atoms with Crippen LogP contribution in [0.3, 0.4) is 0 Å². The van der Waals surface area contributed by atoms with Gasteiger partial charge in [0, 0.05) is 18.6 Å². The van der Waals surface area contributed by atoms with Gasteiger partial charge in [-0.1, -0.05) is 13.3 Å². The number of rotatable bonds is 6.